The summed E-state index contributed by atoms with van der Waals surface area (Å²) >= 11 is 1.67. The molecule has 2 saturated carbocycles. The molecule has 212 valence electrons. The van der Waals surface area contributed by atoms with Crippen LogP contribution in [-0.2, 0) is 22.5 Å². The van der Waals surface area contributed by atoms with E-state index in [9.17, 15) is 14.7 Å². The second-order valence-electron chi connectivity index (χ2n) is 11.1. The lowest BCUT2D eigenvalue weighted by atomic mass is 9.98. The van der Waals surface area contributed by atoms with Gasteiger partial charge in [-0.15, -0.1) is 0 Å². The molecule has 1 aliphatic heterocycles. The molecule has 8 nitrogen and oxygen atoms in total. The van der Waals surface area contributed by atoms with Crippen LogP contribution in [-0.4, -0.2) is 63.1 Å². The highest BCUT2D eigenvalue weighted by molar-refractivity contribution is 7.99. The maximum atomic E-state index is 13.7. The summed E-state index contributed by atoms with van der Waals surface area (Å²) in [5, 5.41) is 14.2. The van der Waals surface area contributed by atoms with Gasteiger partial charge in [0.2, 0.25) is 5.91 Å². The number of nitrogens with one attached hydrogen (secondary N) is 1. The molecule has 2 aromatic rings. The van der Waals surface area contributed by atoms with Crippen molar-refractivity contribution in [1.29, 1.82) is 0 Å². The SMILES string of the molecule is O=C(CNCCCCCOC1CCCCC1)N1CCc2nc(SC3CCC3)n(-c3ccc(O)cc3)c(=O)c2C1. The lowest BCUT2D eigenvalue weighted by Gasteiger charge is -2.30. The number of fused-ring (bicyclic) bond motifs is 1. The molecule has 0 unspecified atom stereocenters. The fourth-order valence-electron chi connectivity index (χ4n) is 5.53. The van der Waals surface area contributed by atoms with Gasteiger partial charge in [-0.25, -0.2) is 4.98 Å². The van der Waals surface area contributed by atoms with Crippen LogP contribution in [0.1, 0.15) is 81.9 Å². The first kappa shape index (κ1) is 28.2. The minimum Gasteiger partial charge on any atom is -0.508 e. The van der Waals surface area contributed by atoms with E-state index in [1.165, 1.54) is 38.5 Å². The van der Waals surface area contributed by atoms with Gasteiger partial charge in [0.05, 0.1) is 36.1 Å². The van der Waals surface area contributed by atoms with Crippen molar-refractivity contribution in [3.63, 3.8) is 0 Å². The van der Waals surface area contributed by atoms with Gasteiger partial charge in [-0.3, -0.25) is 14.2 Å². The first-order valence-electron chi connectivity index (χ1n) is 14.8. The summed E-state index contributed by atoms with van der Waals surface area (Å²) in [7, 11) is 0. The molecule has 0 bridgehead atoms. The Labute approximate surface area is 235 Å². The predicted molar refractivity (Wildman–Crippen MR) is 154 cm³/mol. The Hall–Kier alpha value is -2.36. The molecule has 2 N–H and O–H groups in total. The van der Waals surface area contributed by atoms with E-state index >= 15 is 0 Å². The maximum absolute atomic E-state index is 13.7. The number of ether oxygens (including phenoxy) is 1. The normalized spacial score (nSPS) is 18.1. The summed E-state index contributed by atoms with van der Waals surface area (Å²) in [6, 6.07) is 6.66. The Morgan fingerprint density at radius 3 is 2.59 bits per heavy atom. The number of rotatable bonds is 12. The average molecular weight is 555 g/mol. The van der Waals surface area contributed by atoms with E-state index in [-0.39, 0.29) is 30.3 Å². The van der Waals surface area contributed by atoms with E-state index in [1.54, 1.807) is 45.5 Å². The molecule has 1 aromatic carbocycles. The number of phenolic OH excluding ortho intramolecular Hbond substituents is 1. The number of carbonyl (C=O) groups is 1. The van der Waals surface area contributed by atoms with Crippen molar-refractivity contribution in [2.45, 2.75) is 100 Å². The molecule has 0 spiro atoms. The van der Waals surface area contributed by atoms with Crippen molar-refractivity contribution in [3.8, 4) is 11.4 Å². The van der Waals surface area contributed by atoms with E-state index in [4.69, 9.17) is 9.72 Å². The number of aromatic hydroxyl groups is 1. The van der Waals surface area contributed by atoms with Gasteiger partial charge in [0, 0.05) is 24.8 Å². The molecule has 0 saturated heterocycles. The number of amides is 1. The Balaban J connectivity index is 1.13. The summed E-state index contributed by atoms with van der Waals surface area (Å²) in [5.74, 6) is 0.174. The summed E-state index contributed by atoms with van der Waals surface area (Å²) < 4.78 is 7.65. The van der Waals surface area contributed by atoms with Crippen LogP contribution in [0.3, 0.4) is 0 Å². The number of hydrogen-bond acceptors (Lipinski definition) is 7. The van der Waals surface area contributed by atoms with Crippen LogP contribution in [0, 0.1) is 0 Å². The summed E-state index contributed by atoms with van der Waals surface area (Å²) in [6.45, 7) is 2.79. The van der Waals surface area contributed by atoms with Gasteiger partial charge in [0.15, 0.2) is 5.16 Å². The number of phenols is 1. The quantitative estimate of drug-likeness (QED) is 0.293. The zero-order valence-corrected chi connectivity index (χ0v) is 23.7. The van der Waals surface area contributed by atoms with Gasteiger partial charge < -0.3 is 20.1 Å². The molecule has 1 amide bonds. The van der Waals surface area contributed by atoms with Crippen molar-refractivity contribution in [2.24, 2.45) is 0 Å². The largest absolute Gasteiger partial charge is 0.508 e. The minimum atomic E-state index is -0.117. The van der Waals surface area contributed by atoms with Crippen molar-refractivity contribution in [2.75, 3.05) is 26.2 Å². The van der Waals surface area contributed by atoms with E-state index in [0.29, 0.717) is 40.7 Å². The molecule has 39 heavy (non-hydrogen) atoms. The number of nitrogens with zero attached hydrogens (tertiary/aromatic N) is 3. The number of aromatic nitrogens is 2. The van der Waals surface area contributed by atoms with Gasteiger partial charge >= 0.3 is 0 Å². The zero-order valence-electron chi connectivity index (χ0n) is 22.9. The molecule has 2 fully saturated rings. The van der Waals surface area contributed by atoms with E-state index in [0.717, 1.165) is 50.9 Å². The third kappa shape index (κ3) is 7.44. The van der Waals surface area contributed by atoms with Gasteiger partial charge in [0.25, 0.3) is 5.56 Å². The third-order valence-corrected chi connectivity index (χ3v) is 9.45. The van der Waals surface area contributed by atoms with Crippen LogP contribution in [0.25, 0.3) is 5.69 Å². The van der Waals surface area contributed by atoms with E-state index in [1.807, 2.05) is 0 Å². The Bertz CT molecular complexity index is 1160. The summed E-state index contributed by atoms with van der Waals surface area (Å²) in [6.07, 6.45) is 14.1. The highest BCUT2D eigenvalue weighted by Crippen LogP contribution is 2.36. The van der Waals surface area contributed by atoms with Crippen molar-refractivity contribution in [3.05, 3.63) is 45.9 Å². The Kier molecular flexibility index (Phi) is 9.98. The van der Waals surface area contributed by atoms with Crippen molar-refractivity contribution < 1.29 is 14.6 Å². The molecule has 3 aliphatic rings. The Morgan fingerprint density at radius 1 is 1.05 bits per heavy atom. The Morgan fingerprint density at radius 2 is 1.85 bits per heavy atom. The van der Waals surface area contributed by atoms with Crippen LogP contribution in [0.4, 0.5) is 0 Å². The van der Waals surface area contributed by atoms with Crippen molar-refractivity contribution in [1.82, 2.24) is 19.8 Å². The topological polar surface area (TPSA) is 96.7 Å². The monoisotopic (exact) mass is 554 g/mol. The van der Waals surface area contributed by atoms with Gasteiger partial charge in [-0.05, 0) is 75.8 Å². The van der Waals surface area contributed by atoms with E-state index in [2.05, 4.69) is 5.32 Å². The lowest BCUT2D eigenvalue weighted by molar-refractivity contribution is -0.131. The van der Waals surface area contributed by atoms with E-state index < -0.39 is 0 Å². The van der Waals surface area contributed by atoms with Gasteiger partial charge in [-0.2, -0.15) is 0 Å². The summed E-state index contributed by atoms with van der Waals surface area (Å²) in [5.41, 5.74) is 1.97. The number of thioether (sulfide) groups is 1. The van der Waals surface area contributed by atoms with Crippen LogP contribution in [0.15, 0.2) is 34.2 Å². The minimum absolute atomic E-state index is 0.0183. The second-order valence-corrected chi connectivity index (χ2v) is 12.3. The van der Waals surface area contributed by atoms with Crippen LogP contribution in [0.5, 0.6) is 5.75 Å². The molecule has 2 aliphatic carbocycles. The predicted octanol–water partition coefficient (Wildman–Crippen LogP) is 4.58. The number of hydrogen-bond donors (Lipinski definition) is 2. The van der Waals surface area contributed by atoms with Crippen LogP contribution < -0.4 is 10.9 Å². The molecule has 0 radical (unpaired) electrons. The summed E-state index contributed by atoms with van der Waals surface area (Å²) in [4.78, 5) is 33.4. The molecule has 0 atom stereocenters. The molecular weight excluding hydrogens is 512 g/mol. The zero-order chi connectivity index (χ0) is 27.0. The van der Waals surface area contributed by atoms with Crippen LogP contribution in [0.2, 0.25) is 0 Å². The lowest BCUT2D eigenvalue weighted by Crippen LogP contribution is -2.44. The van der Waals surface area contributed by atoms with Crippen molar-refractivity contribution >= 4 is 17.7 Å². The second kappa shape index (κ2) is 13.8. The smallest absolute Gasteiger partial charge is 0.264 e. The number of benzene rings is 1. The first-order chi connectivity index (χ1) is 19.1. The number of unbranched alkanes of at least 4 members (excludes halogenated alkanes) is 2. The molecule has 9 heteroatoms. The average Bonchev–Trinajstić information content (AvgIpc) is 2.93. The van der Waals surface area contributed by atoms with Gasteiger partial charge in [-0.1, -0.05) is 37.4 Å². The maximum Gasteiger partial charge on any atom is 0.264 e. The first-order valence-corrected chi connectivity index (χ1v) is 15.7. The van der Waals surface area contributed by atoms with Crippen LogP contribution >= 0.6 is 11.8 Å². The highest BCUT2D eigenvalue weighted by Gasteiger charge is 2.28. The highest BCUT2D eigenvalue weighted by atomic mass is 32.2. The molecule has 1 aromatic heterocycles. The fraction of sp³-hybridized carbons (Fsp3) is 0.633. The number of carbonyl (C=O) groups excluding carboxylic acids is 1. The molecule has 5 rings (SSSR count). The fourth-order valence-corrected chi connectivity index (χ4v) is 6.86. The molecule has 2 heterocycles. The third-order valence-electron chi connectivity index (χ3n) is 8.16. The van der Waals surface area contributed by atoms with Gasteiger partial charge in [0.1, 0.15) is 5.75 Å². The molecular formula is C30H42N4O4S. The standard InChI is InChI=1S/C30H42N4O4S/c35-23-14-12-22(13-15-23)34-29(37)26-21-33(18-16-27(26)32-30(34)39-25-10-7-11-25)28(36)20-31-17-5-2-6-19-38-24-8-3-1-4-9-24/h12-15,24-25,31,35H,1-11,16-21H2.